The first-order valence-electron chi connectivity index (χ1n) is 12.0. The van der Waals surface area contributed by atoms with Gasteiger partial charge in [-0.05, 0) is 67.3 Å². The number of imide groups is 1. The predicted octanol–water partition coefficient (Wildman–Crippen LogP) is 6.42. The molecule has 35 heavy (non-hydrogen) atoms. The number of amides is 2. The van der Waals surface area contributed by atoms with Gasteiger partial charge in [-0.2, -0.15) is 0 Å². The maximum absolute atomic E-state index is 13.9. The highest BCUT2D eigenvalue weighted by Gasteiger charge is 2.45. The first-order valence-corrected chi connectivity index (χ1v) is 12.4. The summed E-state index contributed by atoms with van der Waals surface area (Å²) in [7, 11) is 0. The van der Waals surface area contributed by atoms with E-state index in [0.29, 0.717) is 11.6 Å². The third kappa shape index (κ3) is 5.61. The zero-order chi connectivity index (χ0) is 24.8. The Kier molecular flexibility index (Phi) is 8.29. The average Bonchev–Trinajstić information content (AvgIpc) is 3.27. The molecule has 1 unspecified atom stereocenters. The quantitative estimate of drug-likeness (QED) is 0.239. The van der Waals surface area contributed by atoms with Crippen LogP contribution in [0.3, 0.4) is 0 Å². The summed E-state index contributed by atoms with van der Waals surface area (Å²) in [6.45, 7) is 2.70. The minimum Gasteiger partial charge on any atom is -0.446 e. The Balaban J connectivity index is 1.69. The van der Waals surface area contributed by atoms with Gasteiger partial charge < -0.3 is 9.47 Å². The van der Waals surface area contributed by atoms with Gasteiger partial charge in [0, 0.05) is 22.5 Å². The number of benzene rings is 2. The van der Waals surface area contributed by atoms with Crippen molar-refractivity contribution in [1.29, 1.82) is 0 Å². The molecule has 0 spiro atoms. The van der Waals surface area contributed by atoms with Crippen LogP contribution in [0.4, 0.5) is 4.79 Å². The van der Waals surface area contributed by atoms with Crippen LogP contribution in [0, 0.1) is 5.92 Å². The van der Waals surface area contributed by atoms with Gasteiger partial charge in [0.1, 0.15) is 18.7 Å². The van der Waals surface area contributed by atoms with E-state index < -0.39 is 30.0 Å². The lowest BCUT2D eigenvalue weighted by molar-refractivity contribution is -0.131. The molecule has 1 aliphatic heterocycles. The van der Waals surface area contributed by atoms with Crippen LogP contribution in [0.25, 0.3) is 10.4 Å². The second-order valence-corrected chi connectivity index (χ2v) is 9.37. The minimum absolute atomic E-state index is 0.0582. The van der Waals surface area contributed by atoms with Gasteiger partial charge >= 0.3 is 6.09 Å². The number of hydrogen-bond donors (Lipinski definition) is 0. The van der Waals surface area contributed by atoms with Gasteiger partial charge in [0.15, 0.2) is 0 Å². The smallest absolute Gasteiger partial charge is 0.417 e. The SMILES string of the molecule is CCOC1CCC([C@H](c2ccc(Cl)cc2)C(N=[N+]=[N-])C(=O)N2C(=O)OC[C@@H]2c2ccccc2)CC1. The van der Waals surface area contributed by atoms with Gasteiger partial charge in [0.25, 0.3) is 0 Å². The highest BCUT2D eigenvalue weighted by atomic mass is 35.5. The Bertz CT molecular complexity index is 1070. The lowest BCUT2D eigenvalue weighted by Crippen LogP contribution is -2.45. The number of carbonyl (C=O) groups is 2. The van der Waals surface area contributed by atoms with Gasteiger partial charge in [0.05, 0.1) is 6.10 Å². The lowest BCUT2D eigenvalue weighted by atomic mass is 9.72. The van der Waals surface area contributed by atoms with Crippen molar-refractivity contribution in [1.82, 2.24) is 4.90 Å². The average molecular weight is 497 g/mol. The molecule has 8 nitrogen and oxygen atoms in total. The summed E-state index contributed by atoms with van der Waals surface area (Å²) >= 11 is 6.13. The number of hydrogen-bond acceptors (Lipinski definition) is 5. The first-order chi connectivity index (χ1) is 17.0. The van der Waals surface area contributed by atoms with Crippen LogP contribution in [0.2, 0.25) is 5.02 Å². The molecule has 2 aromatic carbocycles. The highest BCUT2D eigenvalue weighted by Crippen LogP contribution is 2.42. The van der Waals surface area contributed by atoms with E-state index in [-0.39, 0.29) is 18.6 Å². The lowest BCUT2D eigenvalue weighted by Gasteiger charge is -2.37. The molecule has 0 bridgehead atoms. The van der Waals surface area contributed by atoms with Crippen LogP contribution < -0.4 is 0 Å². The predicted molar refractivity (Wildman–Crippen MR) is 132 cm³/mol. The van der Waals surface area contributed by atoms with Gasteiger partial charge in [-0.15, -0.1) is 0 Å². The molecular formula is C26H29ClN4O4. The summed E-state index contributed by atoms with van der Waals surface area (Å²) in [5.74, 6) is -0.893. The van der Waals surface area contributed by atoms with E-state index in [4.69, 9.17) is 21.1 Å². The van der Waals surface area contributed by atoms with Crippen molar-refractivity contribution in [3.05, 3.63) is 81.2 Å². The zero-order valence-electron chi connectivity index (χ0n) is 19.6. The molecule has 0 aromatic heterocycles. The Hall–Kier alpha value is -3.06. The number of ether oxygens (including phenoxy) is 2. The van der Waals surface area contributed by atoms with Crippen LogP contribution in [0.5, 0.6) is 0 Å². The summed E-state index contributed by atoms with van der Waals surface area (Å²) in [5, 5.41) is 4.55. The van der Waals surface area contributed by atoms with Gasteiger partial charge in [-0.3, -0.25) is 4.79 Å². The molecule has 1 heterocycles. The summed E-state index contributed by atoms with van der Waals surface area (Å²) in [5.41, 5.74) is 11.1. The molecule has 184 valence electrons. The van der Waals surface area contributed by atoms with E-state index in [9.17, 15) is 15.1 Å². The molecule has 1 aliphatic carbocycles. The molecular weight excluding hydrogens is 468 g/mol. The molecule has 0 radical (unpaired) electrons. The van der Waals surface area contributed by atoms with Crippen molar-refractivity contribution < 1.29 is 19.1 Å². The van der Waals surface area contributed by atoms with E-state index in [2.05, 4.69) is 10.0 Å². The summed E-state index contributed by atoms with van der Waals surface area (Å²) in [6.07, 6.45) is 2.81. The van der Waals surface area contributed by atoms with E-state index in [1.54, 1.807) is 12.1 Å². The molecule has 9 heteroatoms. The molecule has 3 atom stereocenters. The molecule has 0 N–H and O–H groups in total. The van der Waals surface area contributed by atoms with Crippen molar-refractivity contribution in [3.8, 4) is 0 Å². The number of carbonyl (C=O) groups excluding carboxylic acids is 2. The van der Waals surface area contributed by atoms with Crippen molar-refractivity contribution >= 4 is 23.6 Å². The van der Waals surface area contributed by atoms with Gasteiger partial charge in [-0.1, -0.05) is 59.2 Å². The van der Waals surface area contributed by atoms with E-state index >= 15 is 0 Å². The Morgan fingerprint density at radius 3 is 2.49 bits per heavy atom. The molecule has 1 saturated heterocycles. The number of halogens is 1. The van der Waals surface area contributed by atoms with Crippen LogP contribution in [-0.4, -0.2) is 42.3 Å². The van der Waals surface area contributed by atoms with Crippen LogP contribution in [0.15, 0.2) is 59.7 Å². The fraction of sp³-hybridized carbons (Fsp3) is 0.462. The molecule has 2 aromatic rings. The fourth-order valence-corrected chi connectivity index (χ4v) is 5.43. The number of nitrogens with zero attached hydrogens (tertiary/aromatic N) is 4. The minimum atomic E-state index is -1.10. The van der Waals surface area contributed by atoms with Crippen LogP contribution in [-0.2, 0) is 14.3 Å². The van der Waals surface area contributed by atoms with Gasteiger partial charge in [0.2, 0.25) is 5.91 Å². The fourth-order valence-electron chi connectivity index (χ4n) is 5.31. The maximum atomic E-state index is 13.9. The Morgan fingerprint density at radius 1 is 1.17 bits per heavy atom. The third-order valence-corrected chi connectivity index (χ3v) is 7.20. The number of azide groups is 1. The van der Waals surface area contributed by atoms with Crippen molar-refractivity contribution in [2.45, 2.75) is 56.7 Å². The van der Waals surface area contributed by atoms with Crippen LogP contribution >= 0.6 is 11.6 Å². The first kappa shape index (κ1) is 25.0. The molecule has 2 fully saturated rings. The number of rotatable bonds is 8. The second-order valence-electron chi connectivity index (χ2n) is 8.93. The Labute approximate surface area is 209 Å². The summed E-state index contributed by atoms with van der Waals surface area (Å²) < 4.78 is 11.1. The number of cyclic esters (lactones) is 1. The van der Waals surface area contributed by atoms with E-state index in [1.165, 1.54) is 0 Å². The van der Waals surface area contributed by atoms with E-state index in [0.717, 1.165) is 41.7 Å². The molecule has 4 rings (SSSR count). The van der Waals surface area contributed by atoms with Crippen LogP contribution in [0.1, 0.15) is 55.7 Å². The summed E-state index contributed by atoms with van der Waals surface area (Å²) in [6, 6.07) is 14.8. The van der Waals surface area contributed by atoms with Gasteiger partial charge in [-0.25, -0.2) is 9.69 Å². The standard InChI is InChI=1S/C26H29ClN4O4/c1-2-34-21-14-10-19(11-15-21)23(18-8-12-20(27)13-9-18)24(29-30-28)25(32)31-22(16-35-26(31)33)17-6-4-3-5-7-17/h3-9,12-13,19,21-24H,2,10-11,14-16H2,1H3/t19?,21?,22-,23+,24?/m1/s1. The Morgan fingerprint density at radius 2 is 1.86 bits per heavy atom. The molecule has 2 aliphatic rings. The van der Waals surface area contributed by atoms with Crippen molar-refractivity contribution in [2.75, 3.05) is 13.2 Å². The zero-order valence-corrected chi connectivity index (χ0v) is 20.4. The molecule has 1 saturated carbocycles. The van der Waals surface area contributed by atoms with E-state index in [1.807, 2.05) is 49.4 Å². The summed E-state index contributed by atoms with van der Waals surface area (Å²) in [4.78, 5) is 30.8. The normalized spacial score (nSPS) is 23.8. The van der Waals surface area contributed by atoms with Crippen molar-refractivity contribution in [2.24, 2.45) is 11.0 Å². The second kappa shape index (κ2) is 11.6. The highest BCUT2D eigenvalue weighted by molar-refractivity contribution is 6.30. The molecule has 2 amide bonds. The monoisotopic (exact) mass is 496 g/mol. The third-order valence-electron chi connectivity index (χ3n) is 6.95. The maximum Gasteiger partial charge on any atom is 0.417 e. The topological polar surface area (TPSA) is 105 Å². The largest absolute Gasteiger partial charge is 0.446 e. The van der Waals surface area contributed by atoms with Crippen molar-refractivity contribution in [3.63, 3.8) is 0 Å².